The van der Waals surface area contributed by atoms with Crippen LogP contribution in [0.4, 0.5) is 0 Å². The molecule has 1 unspecified atom stereocenters. The summed E-state index contributed by atoms with van der Waals surface area (Å²) in [6.45, 7) is 2.91. The van der Waals surface area contributed by atoms with Crippen LogP contribution in [0.2, 0.25) is 0 Å². The summed E-state index contributed by atoms with van der Waals surface area (Å²) in [7, 11) is 0. The van der Waals surface area contributed by atoms with Crippen molar-refractivity contribution in [3.8, 4) is 0 Å². The molecule has 14 heavy (non-hydrogen) atoms. The van der Waals surface area contributed by atoms with Crippen LogP contribution in [0, 0.1) is 0 Å². The van der Waals surface area contributed by atoms with Crippen LogP contribution >= 0.6 is 0 Å². The molecule has 3 rings (SSSR count). The molecule has 4 nitrogen and oxygen atoms in total. The molecule has 0 aromatic heterocycles. The number of piperidine rings is 1. The van der Waals surface area contributed by atoms with E-state index in [0.717, 1.165) is 45.3 Å². The Kier molecular flexibility index (Phi) is 1.67. The molecule has 2 spiro atoms. The topological polar surface area (TPSA) is 53.2 Å². The monoisotopic (exact) mass is 195 g/mol. The van der Waals surface area contributed by atoms with Crippen LogP contribution in [0.5, 0.6) is 0 Å². The molecule has 3 fully saturated rings. The molecule has 78 valence electrons. The van der Waals surface area contributed by atoms with Gasteiger partial charge in [-0.1, -0.05) is 0 Å². The van der Waals surface area contributed by atoms with Gasteiger partial charge < -0.3 is 10.6 Å². The lowest BCUT2D eigenvalue weighted by Crippen LogP contribution is -2.70. The van der Waals surface area contributed by atoms with Crippen molar-refractivity contribution in [1.29, 1.82) is 0 Å². The van der Waals surface area contributed by atoms with Crippen LogP contribution < -0.4 is 16.0 Å². The minimum absolute atomic E-state index is 0.222. The lowest BCUT2D eigenvalue weighted by atomic mass is 9.87. The fraction of sp³-hybridized carbons (Fsp3) is 0.900. The second-order valence-corrected chi connectivity index (χ2v) is 4.95. The molecule has 0 bridgehead atoms. The van der Waals surface area contributed by atoms with Gasteiger partial charge in [0.25, 0.3) is 0 Å². The van der Waals surface area contributed by atoms with E-state index in [-0.39, 0.29) is 17.0 Å². The highest BCUT2D eigenvalue weighted by Crippen LogP contribution is 2.37. The molecule has 3 aliphatic heterocycles. The Balaban J connectivity index is 1.80. The van der Waals surface area contributed by atoms with E-state index in [4.69, 9.17) is 0 Å². The molecule has 4 heteroatoms. The van der Waals surface area contributed by atoms with Crippen molar-refractivity contribution in [1.82, 2.24) is 16.0 Å². The van der Waals surface area contributed by atoms with Gasteiger partial charge in [0.15, 0.2) is 0 Å². The van der Waals surface area contributed by atoms with Gasteiger partial charge in [-0.2, -0.15) is 0 Å². The van der Waals surface area contributed by atoms with E-state index in [1.807, 2.05) is 0 Å². The molecule has 3 saturated heterocycles. The second kappa shape index (κ2) is 2.70. The van der Waals surface area contributed by atoms with Crippen molar-refractivity contribution in [2.75, 3.05) is 19.6 Å². The number of rotatable bonds is 0. The van der Waals surface area contributed by atoms with Gasteiger partial charge >= 0.3 is 0 Å². The first kappa shape index (κ1) is 8.68. The largest absolute Gasteiger partial charge is 0.354 e. The summed E-state index contributed by atoms with van der Waals surface area (Å²) < 4.78 is 0. The Bertz CT molecular complexity index is 275. The predicted molar refractivity (Wildman–Crippen MR) is 52.9 cm³/mol. The van der Waals surface area contributed by atoms with E-state index in [1.54, 1.807) is 0 Å². The zero-order valence-electron chi connectivity index (χ0n) is 8.36. The van der Waals surface area contributed by atoms with Gasteiger partial charge in [-0.3, -0.25) is 10.1 Å². The SMILES string of the molecule is O=C1NCCCC12CCC1(CNC1)N2. The fourth-order valence-electron chi connectivity index (χ4n) is 3.01. The number of hydrogen-bond donors (Lipinski definition) is 3. The van der Waals surface area contributed by atoms with Crippen LogP contribution in [0.15, 0.2) is 0 Å². The maximum Gasteiger partial charge on any atom is 0.240 e. The lowest BCUT2D eigenvalue weighted by molar-refractivity contribution is -0.129. The summed E-state index contributed by atoms with van der Waals surface area (Å²) in [6.07, 6.45) is 4.29. The normalized spacial score (nSPS) is 39.9. The van der Waals surface area contributed by atoms with Gasteiger partial charge in [-0.15, -0.1) is 0 Å². The summed E-state index contributed by atoms with van der Waals surface area (Å²) in [6, 6.07) is 0. The minimum Gasteiger partial charge on any atom is -0.354 e. The quantitative estimate of drug-likeness (QED) is 0.482. The Morgan fingerprint density at radius 2 is 2.00 bits per heavy atom. The van der Waals surface area contributed by atoms with Crippen molar-refractivity contribution >= 4 is 5.91 Å². The van der Waals surface area contributed by atoms with Gasteiger partial charge in [-0.05, 0) is 25.7 Å². The van der Waals surface area contributed by atoms with Crippen molar-refractivity contribution in [2.45, 2.75) is 36.8 Å². The van der Waals surface area contributed by atoms with E-state index in [1.165, 1.54) is 0 Å². The summed E-state index contributed by atoms with van der Waals surface area (Å²) in [5.74, 6) is 0.229. The Hall–Kier alpha value is -0.610. The smallest absolute Gasteiger partial charge is 0.240 e. The molecule has 0 radical (unpaired) electrons. The predicted octanol–water partition coefficient (Wildman–Crippen LogP) is -0.639. The molecule has 0 aliphatic carbocycles. The average molecular weight is 195 g/mol. The number of carbonyl (C=O) groups is 1. The van der Waals surface area contributed by atoms with Gasteiger partial charge in [-0.25, -0.2) is 0 Å². The molecule has 0 saturated carbocycles. The summed E-state index contributed by atoms with van der Waals surface area (Å²) in [5, 5.41) is 9.86. The highest BCUT2D eigenvalue weighted by atomic mass is 16.2. The first-order valence-corrected chi connectivity index (χ1v) is 5.53. The maximum absolute atomic E-state index is 11.9. The van der Waals surface area contributed by atoms with Crippen LogP contribution in [-0.2, 0) is 4.79 Å². The van der Waals surface area contributed by atoms with Gasteiger partial charge in [0, 0.05) is 25.2 Å². The number of nitrogens with one attached hydrogen (secondary N) is 3. The Morgan fingerprint density at radius 3 is 2.57 bits per heavy atom. The van der Waals surface area contributed by atoms with Gasteiger partial charge in [0.05, 0.1) is 5.54 Å². The molecule has 1 atom stereocenters. The molecule has 3 N–H and O–H groups in total. The molecule has 0 aromatic rings. The van der Waals surface area contributed by atoms with Crippen LogP contribution in [0.3, 0.4) is 0 Å². The fourth-order valence-corrected chi connectivity index (χ4v) is 3.01. The first-order valence-electron chi connectivity index (χ1n) is 5.53. The molecule has 1 amide bonds. The Labute approximate surface area is 83.8 Å². The standard InChI is InChI=1S/C10H17N3O/c14-8-10(2-1-5-12-8)4-3-9(13-10)6-11-7-9/h11,13H,1-7H2,(H,12,14). The van der Waals surface area contributed by atoms with Crippen molar-refractivity contribution in [2.24, 2.45) is 0 Å². The third-order valence-corrected chi connectivity index (χ3v) is 3.96. The third-order valence-electron chi connectivity index (χ3n) is 3.96. The highest BCUT2D eigenvalue weighted by Gasteiger charge is 2.54. The zero-order valence-corrected chi connectivity index (χ0v) is 8.36. The van der Waals surface area contributed by atoms with Crippen molar-refractivity contribution in [3.63, 3.8) is 0 Å². The van der Waals surface area contributed by atoms with Crippen LogP contribution in [0.25, 0.3) is 0 Å². The zero-order chi connectivity index (χ0) is 9.65. The summed E-state index contributed by atoms with van der Waals surface area (Å²) in [4.78, 5) is 11.9. The number of hydrogen-bond acceptors (Lipinski definition) is 3. The molecular formula is C10H17N3O. The summed E-state index contributed by atoms with van der Waals surface area (Å²) in [5.41, 5.74) is 0.0228. The van der Waals surface area contributed by atoms with Gasteiger partial charge in [0.1, 0.15) is 0 Å². The van der Waals surface area contributed by atoms with E-state index in [0.29, 0.717) is 0 Å². The van der Waals surface area contributed by atoms with Crippen LogP contribution in [0.1, 0.15) is 25.7 Å². The average Bonchev–Trinajstić information content (AvgIpc) is 2.52. The molecule has 3 aliphatic rings. The highest BCUT2D eigenvalue weighted by molar-refractivity contribution is 5.87. The third kappa shape index (κ3) is 1.04. The first-order chi connectivity index (χ1) is 6.75. The number of carbonyl (C=O) groups excluding carboxylic acids is 1. The molecule has 0 aromatic carbocycles. The van der Waals surface area contributed by atoms with Crippen molar-refractivity contribution in [3.05, 3.63) is 0 Å². The van der Waals surface area contributed by atoms with E-state index >= 15 is 0 Å². The van der Waals surface area contributed by atoms with E-state index in [2.05, 4.69) is 16.0 Å². The van der Waals surface area contributed by atoms with E-state index in [9.17, 15) is 4.79 Å². The second-order valence-electron chi connectivity index (χ2n) is 4.95. The van der Waals surface area contributed by atoms with Gasteiger partial charge in [0.2, 0.25) is 5.91 Å². The summed E-state index contributed by atoms with van der Waals surface area (Å²) >= 11 is 0. The Morgan fingerprint density at radius 1 is 1.14 bits per heavy atom. The lowest BCUT2D eigenvalue weighted by Gasteiger charge is -2.43. The van der Waals surface area contributed by atoms with Crippen molar-refractivity contribution < 1.29 is 4.79 Å². The van der Waals surface area contributed by atoms with Crippen LogP contribution in [-0.4, -0.2) is 36.6 Å². The van der Waals surface area contributed by atoms with E-state index < -0.39 is 0 Å². The molecular weight excluding hydrogens is 178 g/mol. The number of amides is 1. The minimum atomic E-state index is -0.222. The molecule has 3 heterocycles. The maximum atomic E-state index is 11.9.